The minimum atomic E-state index is -1.03. The maximum absolute atomic E-state index is 10.4. The Balaban J connectivity index is 2.66. The lowest BCUT2D eigenvalue weighted by atomic mass is 9.86. The van der Waals surface area contributed by atoms with Crippen molar-refractivity contribution in [3.63, 3.8) is 0 Å². The molecule has 0 aliphatic rings. The first-order valence-electron chi connectivity index (χ1n) is 5.91. The zero-order chi connectivity index (χ0) is 13.1. The molecule has 0 spiro atoms. The first-order valence-corrected chi connectivity index (χ1v) is 5.91. The Bertz CT molecular complexity index is 376. The lowest BCUT2D eigenvalue weighted by Crippen LogP contribution is -2.63. The molecule has 1 atom stereocenters. The molecule has 0 amide bonds. The van der Waals surface area contributed by atoms with Gasteiger partial charge in [0, 0.05) is 18.8 Å². The number of carbonyl (C=O) groups excluding carboxylic acids is 1. The Morgan fingerprint density at radius 1 is 1.29 bits per heavy atom. The van der Waals surface area contributed by atoms with E-state index in [1.807, 2.05) is 12.1 Å². The van der Waals surface area contributed by atoms with Crippen molar-refractivity contribution in [2.24, 2.45) is 0 Å². The van der Waals surface area contributed by atoms with E-state index in [1.165, 1.54) is 5.56 Å². The first-order chi connectivity index (χ1) is 7.79. The van der Waals surface area contributed by atoms with Crippen molar-refractivity contribution in [3.8, 4) is 0 Å². The molecule has 0 radical (unpaired) electrons. The van der Waals surface area contributed by atoms with Crippen molar-refractivity contribution in [1.82, 2.24) is 0 Å². The Morgan fingerprint density at radius 3 is 2.24 bits per heavy atom. The number of quaternary nitrogens is 1. The number of benzene rings is 1. The van der Waals surface area contributed by atoms with E-state index in [9.17, 15) is 9.90 Å². The first kappa shape index (κ1) is 13.7. The highest BCUT2D eigenvalue weighted by atomic mass is 16.4. The van der Waals surface area contributed by atoms with E-state index in [1.54, 1.807) is 0 Å². The number of aliphatic carboxylic acids is 1. The molecular weight excluding hydrogens is 214 g/mol. The van der Waals surface area contributed by atoms with Crippen molar-refractivity contribution in [2.45, 2.75) is 45.1 Å². The van der Waals surface area contributed by atoms with E-state index in [0.717, 1.165) is 5.56 Å². The summed E-state index contributed by atoms with van der Waals surface area (Å²) in [6, 6.07) is 8.17. The van der Waals surface area contributed by atoms with E-state index in [4.69, 9.17) is 0 Å². The second kappa shape index (κ2) is 5.32. The molecule has 0 aliphatic carbocycles. The number of carbonyl (C=O) groups is 1. The van der Waals surface area contributed by atoms with Crippen LogP contribution in [0.3, 0.4) is 0 Å². The van der Waals surface area contributed by atoms with Crippen LogP contribution in [-0.2, 0) is 16.6 Å². The molecule has 0 unspecified atom stereocenters. The van der Waals surface area contributed by atoms with Crippen LogP contribution in [0.1, 0.15) is 38.3 Å². The topological polar surface area (TPSA) is 67.8 Å². The molecule has 1 aromatic rings. The van der Waals surface area contributed by atoms with E-state index < -0.39 is 5.97 Å². The highest BCUT2D eigenvalue weighted by Gasteiger charge is 2.13. The molecule has 3 N–H and O–H groups in total. The zero-order valence-corrected chi connectivity index (χ0v) is 10.8. The third-order valence-electron chi connectivity index (χ3n) is 2.80. The molecule has 3 nitrogen and oxygen atoms in total. The van der Waals surface area contributed by atoms with Crippen molar-refractivity contribution < 1.29 is 15.6 Å². The lowest BCUT2D eigenvalue weighted by Gasteiger charge is -2.19. The third kappa shape index (κ3) is 4.57. The van der Waals surface area contributed by atoms with Gasteiger partial charge in [-0.2, -0.15) is 0 Å². The van der Waals surface area contributed by atoms with Crippen LogP contribution in [-0.4, -0.2) is 12.0 Å². The Hall–Kier alpha value is -1.35. The van der Waals surface area contributed by atoms with Gasteiger partial charge in [-0.3, -0.25) is 0 Å². The van der Waals surface area contributed by atoms with Crippen LogP contribution in [0.2, 0.25) is 0 Å². The summed E-state index contributed by atoms with van der Waals surface area (Å²) in [4.78, 5) is 10.4. The summed E-state index contributed by atoms with van der Waals surface area (Å²) < 4.78 is 0. The molecule has 1 rings (SSSR count). The predicted molar refractivity (Wildman–Crippen MR) is 65.1 cm³/mol. The number of carboxylic acids is 1. The van der Waals surface area contributed by atoms with Gasteiger partial charge in [0.05, 0.1) is 6.04 Å². The van der Waals surface area contributed by atoms with E-state index in [0.29, 0.717) is 6.42 Å². The molecule has 0 saturated heterocycles. The SMILES string of the molecule is CC(C)(C)c1ccc(C[C@H]([NH3+])CC(=O)[O-])cc1. The monoisotopic (exact) mass is 235 g/mol. The third-order valence-corrected chi connectivity index (χ3v) is 2.80. The molecule has 1 aromatic carbocycles. The van der Waals surface area contributed by atoms with Crippen LogP contribution >= 0.6 is 0 Å². The van der Waals surface area contributed by atoms with Gasteiger partial charge in [-0.15, -0.1) is 0 Å². The zero-order valence-electron chi connectivity index (χ0n) is 10.8. The van der Waals surface area contributed by atoms with E-state index in [2.05, 4.69) is 38.6 Å². The van der Waals surface area contributed by atoms with Gasteiger partial charge in [0.15, 0.2) is 0 Å². The van der Waals surface area contributed by atoms with Crippen molar-refractivity contribution in [2.75, 3.05) is 0 Å². The van der Waals surface area contributed by atoms with Gasteiger partial charge in [0.2, 0.25) is 0 Å². The second-order valence-electron chi connectivity index (χ2n) is 5.59. The van der Waals surface area contributed by atoms with Crippen LogP contribution in [0.4, 0.5) is 0 Å². The standard InChI is InChI=1S/C14H21NO2/c1-14(2,3)11-6-4-10(5-7-11)8-12(15)9-13(16)17/h4-7,12H,8-9,15H2,1-3H3,(H,16,17)/t12-/m0/s1. The van der Waals surface area contributed by atoms with Crippen molar-refractivity contribution in [1.29, 1.82) is 0 Å². The number of hydrogen-bond donors (Lipinski definition) is 1. The van der Waals surface area contributed by atoms with Gasteiger partial charge >= 0.3 is 0 Å². The summed E-state index contributed by atoms with van der Waals surface area (Å²) >= 11 is 0. The average molecular weight is 235 g/mol. The predicted octanol–water partition coefficient (Wildman–Crippen LogP) is 0.277. The fraction of sp³-hybridized carbons (Fsp3) is 0.500. The molecular formula is C14H21NO2. The van der Waals surface area contributed by atoms with Crippen LogP contribution in [0.15, 0.2) is 24.3 Å². The van der Waals surface area contributed by atoms with E-state index >= 15 is 0 Å². The second-order valence-corrected chi connectivity index (χ2v) is 5.59. The van der Waals surface area contributed by atoms with Crippen LogP contribution in [0.5, 0.6) is 0 Å². The minimum Gasteiger partial charge on any atom is -0.550 e. The largest absolute Gasteiger partial charge is 0.550 e. The van der Waals surface area contributed by atoms with Gasteiger partial charge in [-0.05, 0) is 16.5 Å². The van der Waals surface area contributed by atoms with Crippen molar-refractivity contribution in [3.05, 3.63) is 35.4 Å². The molecule has 3 heteroatoms. The number of rotatable bonds is 4. The van der Waals surface area contributed by atoms with Gasteiger partial charge in [0.25, 0.3) is 0 Å². The summed E-state index contributed by atoms with van der Waals surface area (Å²) in [5, 5.41) is 10.4. The molecule has 94 valence electrons. The molecule has 0 fully saturated rings. The molecule has 0 aliphatic heterocycles. The van der Waals surface area contributed by atoms with Crippen LogP contribution in [0.25, 0.3) is 0 Å². The van der Waals surface area contributed by atoms with Crippen LogP contribution in [0, 0.1) is 0 Å². The fourth-order valence-corrected chi connectivity index (χ4v) is 1.78. The molecule has 0 heterocycles. The highest BCUT2D eigenvalue weighted by Crippen LogP contribution is 2.22. The highest BCUT2D eigenvalue weighted by molar-refractivity contribution is 5.64. The normalized spacial score (nSPS) is 13.4. The maximum atomic E-state index is 10.4. The molecule has 0 saturated carbocycles. The number of hydrogen-bond acceptors (Lipinski definition) is 2. The van der Waals surface area contributed by atoms with Gasteiger partial charge in [-0.1, -0.05) is 45.0 Å². The lowest BCUT2D eigenvalue weighted by molar-refractivity contribution is -0.423. The Labute approximate surface area is 103 Å². The summed E-state index contributed by atoms with van der Waals surface area (Å²) in [5.74, 6) is -1.03. The van der Waals surface area contributed by atoms with E-state index in [-0.39, 0.29) is 17.9 Å². The fourth-order valence-electron chi connectivity index (χ4n) is 1.78. The number of carboxylic acid groups (broad SMARTS) is 1. The quantitative estimate of drug-likeness (QED) is 0.814. The summed E-state index contributed by atoms with van der Waals surface area (Å²) in [5.41, 5.74) is 6.37. The average Bonchev–Trinajstić information content (AvgIpc) is 2.15. The molecule has 0 aromatic heterocycles. The maximum Gasteiger partial charge on any atom is 0.0937 e. The Morgan fingerprint density at radius 2 is 1.82 bits per heavy atom. The Kier molecular flexibility index (Phi) is 4.29. The summed E-state index contributed by atoms with van der Waals surface area (Å²) in [6.07, 6.45) is 0.694. The van der Waals surface area contributed by atoms with Crippen LogP contribution < -0.4 is 10.8 Å². The van der Waals surface area contributed by atoms with Gasteiger partial charge in [0.1, 0.15) is 0 Å². The smallest absolute Gasteiger partial charge is 0.0937 e. The summed E-state index contributed by atoms with van der Waals surface area (Å²) in [6.45, 7) is 6.51. The molecule has 0 bridgehead atoms. The summed E-state index contributed by atoms with van der Waals surface area (Å²) in [7, 11) is 0. The minimum absolute atomic E-state index is 0.0149. The van der Waals surface area contributed by atoms with Gasteiger partial charge < -0.3 is 15.6 Å². The van der Waals surface area contributed by atoms with Crippen molar-refractivity contribution >= 4 is 5.97 Å². The van der Waals surface area contributed by atoms with Gasteiger partial charge in [-0.25, -0.2) is 0 Å². The molecule has 17 heavy (non-hydrogen) atoms.